The van der Waals surface area contributed by atoms with E-state index < -0.39 is 6.43 Å². The van der Waals surface area contributed by atoms with Crippen molar-refractivity contribution in [3.63, 3.8) is 0 Å². The molecule has 0 saturated heterocycles. The number of esters is 1. The van der Waals surface area contributed by atoms with Crippen molar-refractivity contribution < 1.29 is 18.3 Å². The largest absolute Gasteiger partial charge is 0.465 e. The third-order valence-electron chi connectivity index (χ3n) is 2.01. The first-order chi connectivity index (χ1) is 8.02. The van der Waals surface area contributed by atoms with Crippen molar-refractivity contribution in [3.8, 4) is 0 Å². The van der Waals surface area contributed by atoms with Crippen LogP contribution in [0.3, 0.4) is 0 Å². The van der Waals surface area contributed by atoms with E-state index in [0.717, 1.165) is 18.6 Å². The Morgan fingerprint density at radius 1 is 1.24 bits per heavy atom. The predicted molar refractivity (Wildman–Crippen MR) is 67.6 cm³/mol. The molecule has 0 aliphatic heterocycles. The topological polar surface area (TPSA) is 26.3 Å². The Kier molecular flexibility index (Phi) is 10.6. The van der Waals surface area contributed by atoms with Crippen molar-refractivity contribution in [1.29, 1.82) is 0 Å². The molecule has 0 amide bonds. The average molecular weight is 268 g/mol. The van der Waals surface area contributed by atoms with Gasteiger partial charge in [0.1, 0.15) is 0 Å². The molecule has 0 aromatic heterocycles. The summed E-state index contributed by atoms with van der Waals surface area (Å²) in [4.78, 5) is 11.2. The van der Waals surface area contributed by atoms with Gasteiger partial charge >= 0.3 is 5.97 Å². The number of rotatable bonds is 10. The number of hydrogen-bond acceptors (Lipinski definition) is 3. The smallest absolute Gasteiger partial charge is 0.315 e. The molecule has 0 rings (SSSR count). The first-order valence-corrected chi connectivity index (χ1v) is 7.19. The van der Waals surface area contributed by atoms with E-state index in [4.69, 9.17) is 4.74 Å². The molecule has 102 valence electrons. The maximum atomic E-state index is 11.8. The van der Waals surface area contributed by atoms with Gasteiger partial charge in [0.25, 0.3) is 0 Å². The summed E-state index contributed by atoms with van der Waals surface area (Å²) in [5.74, 6) is 1.37. The van der Waals surface area contributed by atoms with Crippen molar-refractivity contribution in [2.45, 2.75) is 46.0 Å². The molecule has 0 N–H and O–H groups in total. The second kappa shape index (κ2) is 10.8. The molecule has 17 heavy (non-hydrogen) atoms. The summed E-state index contributed by atoms with van der Waals surface area (Å²) < 4.78 is 28.6. The van der Waals surface area contributed by atoms with Crippen molar-refractivity contribution in [2.75, 3.05) is 18.1 Å². The minimum Gasteiger partial charge on any atom is -0.465 e. The van der Waals surface area contributed by atoms with Gasteiger partial charge in [-0.2, -0.15) is 11.8 Å². The summed E-state index contributed by atoms with van der Waals surface area (Å²) >= 11 is 1.51. The highest BCUT2D eigenvalue weighted by molar-refractivity contribution is 7.99. The summed E-state index contributed by atoms with van der Waals surface area (Å²) in [6.45, 7) is 4.45. The molecule has 0 aromatic rings. The fourth-order valence-corrected chi connectivity index (χ4v) is 1.94. The van der Waals surface area contributed by atoms with Crippen molar-refractivity contribution >= 4 is 17.7 Å². The van der Waals surface area contributed by atoms with E-state index in [0.29, 0.717) is 24.7 Å². The maximum absolute atomic E-state index is 11.8. The molecule has 2 nitrogen and oxygen atoms in total. The summed E-state index contributed by atoms with van der Waals surface area (Å²) in [6, 6.07) is 0. The Morgan fingerprint density at radius 3 is 2.53 bits per heavy atom. The number of halogens is 2. The van der Waals surface area contributed by atoms with Gasteiger partial charge in [0.2, 0.25) is 6.43 Å². The van der Waals surface area contributed by atoms with Crippen LogP contribution < -0.4 is 0 Å². The van der Waals surface area contributed by atoms with Crippen LogP contribution in [0.4, 0.5) is 8.78 Å². The monoisotopic (exact) mass is 268 g/mol. The van der Waals surface area contributed by atoms with E-state index in [-0.39, 0.29) is 12.4 Å². The number of carbonyl (C=O) groups is 1. The van der Waals surface area contributed by atoms with Crippen molar-refractivity contribution in [3.05, 3.63) is 0 Å². The fourth-order valence-electron chi connectivity index (χ4n) is 1.14. The van der Waals surface area contributed by atoms with E-state index in [9.17, 15) is 13.6 Å². The average Bonchev–Trinajstić information content (AvgIpc) is 2.24. The van der Waals surface area contributed by atoms with Crippen LogP contribution in [0, 0.1) is 5.92 Å². The molecule has 0 radical (unpaired) electrons. The van der Waals surface area contributed by atoms with Crippen LogP contribution in [0.15, 0.2) is 0 Å². The minimum atomic E-state index is -2.19. The van der Waals surface area contributed by atoms with Crippen LogP contribution in [0.25, 0.3) is 0 Å². The molecule has 0 heterocycles. The molecule has 0 unspecified atom stereocenters. The Hall–Kier alpha value is -0.320. The van der Waals surface area contributed by atoms with E-state index >= 15 is 0 Å². The Labute approximate surface area is 106 Å². The summed E-state index contributed by atoms with van der Waals surface area (Å²) in [6.07, 6.45) is 0.0540. The lowest BCUT2D eigenvalue weighted by Crippen LogP contribution is -2.12. The molecular formula is C12H22F2O2S. The van der Waals surface area contributed by atoms with Crippen molar-refractivity contribution in [1.82, 2.24) is 0 Å². The second-order valence-electron chi connectivity index (χ2n) is 4.37. The number of alkyl halides is 2. The lowest BCUT2D eigenvalue weighted by atomic mass is 10.2. The Morgan fingerprint density at radius 2 is 1.94 bits per heavy atom. The quantitative estimate of drug-likeness (QED) is 0.446. The van der Waals surface area contributed by atoms with Crippen LogP contribution in [0.5, 0.6) is 0 Å². The number of thioether (sulfide) groups is 1. The number of unbranched alkanes of at least 4 members (excludes halogenated alkanes) is 2. The van der Waals surface area contributed by atoms with Crippen LogP contribution in [-0.4, -0.2) is 30.5 Å². The number of hydrogen-bond donors (Lipinski definition) is 0. The van der Waals surface area contributed by atoms with Crippen LogP contribution in [-0.2, 0) is 9.53 Å². The Bertz CT molecular complexity index is 199. The van der Waals surface area contributed by atoms with Gasteiger partial charge in [0, 0.05) is 6.42 Å². The van der Waals surface area contributed by atoms with Gasteiger partial charge in [-0.3, -0.25) is 4.79 Å². The lowest BCUT2D eigenvalue weighted by molar-refractivity contribution is -0.141. The molecule has 0 fully saturated rings. The maximum Gasteiger partial charge on any atom is 0.315 e. The number of ether oxygens (including phenoxy) is 1. The molecule has 5 heteroatoms. The van der Waals surface area contributed by atoms with Gasteiger partial charge in [-0.15, -0.1) is 0 Å². The summed E-state index contributed by atoms with van der Waals surface area (Å²) in [5, 5.41) is 0. The SMILES string of the molecule is CC(C)COC(=O)CSCCCCCC(F)F. The zero-order valence-electron chi connectivity index (χ0n) is 10.6. The van der Waals surface area contributed by atoms with Crippen LogP contribution in [0.2, 0.25) is 0 Å². The highest BCUT2D eigenvalue weighted by atomic mass is 32.2. The predicted octanol–water partition coefficient (Wildman–Crippen LogP) is 3.74. The first kappa shape index (κ1) is 16.7. The zero-order chi connectivity index (χ0) is 13.1. The van der Waals surface area contributed by atoms with Gasteiger partial charge in [0.05, 0.1) is 12.4 Å². The van der Waals surface area contributed by atoms with E-state index in [1.807, 2.05) is 13.8 Å². The van der Waals surface area contributed by atoms with Crippen LogP contribution >= 0.6 is 11.8 Å². The van der Waals surface area contributed by atoms with E-state index in [1.165, 1.54) is 11.8 Å². The first-order valence-electron chi connectivity index (χ1n) is 6.04. The molecule has 0 aliphatic carbocycles. The molecule has 0 saturated carbocycles. The highest BCUT2D eigenvalue weighted by Crippen LogP contribution is 2.11. The van der Waals surface area contributed by atoms with Crippen LogP contribution in [0.1, 0.15) is 39.5 Å². The highest BCUT2D eigenvalue weighted by Gasteiger charge is 2.04. The summed E-state index contributed by atoms with van der Waals surface area (Å²) in [5.41, 5.74) is 0. The Balaban J connectivity index is 3.19. The third kappa shape index (κ3) is 13.6. The molecule has 0 aromatic carbocycles. The minimum absolute atomic E-state index is 0.0128. The summed E-state index contributed by atoms with van der Waals surface area (Å²) in [7, 11) is 0. The van der Waals surface area contributed by atoms with Gasteiger partial charge in [0.15, 0.2) is 0 Å². The van der Waals surface area contributed by atoms with E-state index in [1.54, 1.807) is 0 Å². The normalized spacial score (nSPS) is 11.2. The molecular weight excluding hydrogens is 246 g/mol. The van der Waals surface area contributed by atoms with Gasteiger partial charge in [-0.05, 0) is 24.5 Å². The van der Waals surface area contributed by atoms with E-state index in [2.05, 4.69) is 0 Å². The fraction of sp³-hybridized carbons (Fsp3) is 0.917. The van der Waals surface area contributed by atoms with Gasteiger partial charge in [-0.1, -0.05) is 20.3 Å². The van der Waals surface area contributed by atoms with Gasteiger partial charge < -0.3 is 4.74 Å². The molecule has 0 bridgehead atoms. The second-order valence-corrected chi connectivity index (χ2v) is 5.48. The third-order valence-corrected chi connectivity index (χ3v) is 3.03. The van der Waals surface area contributed by atoms with Gasteiger partial charge in [-0.25, -0.2) is 8.78 Å². The molecule has 0 atom stereocenters. The zero-order valence-corrected chi connectivity index (χ0v) is 11.4. The standard InChI is InChI=1S/C12H22F2O2S/c1-10(2)8-16-12(15)9-17-7-5-3-4-6-11(13)14/h10-11H,3-9H2,1-2H3. The van der Waals surface area contributed by atoms with Crippen molar-refractivity contribution in [2.24, 2.45) is 5.92 Å². The molecule has 0 spiro atoms. The molecule has 0 aliphatic rings. The number of carbonyl (C=O) groups excluding carboxylic acids is 1. The lowest BCUT2D eigenvalue weighted by Gasteiger charge is -2.06.